The van der Waals surface area contributed by atoms with E-state index in [0.29, 0.717) is 6.54 Å². The normalized spacial score (nSPS) is 23.8. The van der Waals surface area contributed by atoms with Gasteiger partial charge in [0.15, 0.2) is 0 Å². The highest BCUT2D eigenvalue weighted by Gasteiger charge is 2.40. The molecule has 92 valence electrons. The molecule has 1 saturated heterocycles. The van der Waals surface area contributed by atoms with Crippen molar-refractivity contribution in [3.05, 3.63) is 17.0 Å². The van der Waals surface area contributed by atoms with Gasteiger partial charge < -0.3 is 10.2 Å². The predicted molar refractivity (Wildman–Crippen MR) is 68.7 cm³/mol. The number of carbonyl (C=O) groups excluding carboxylic acids is 1. The van der Waals surface area contributed by atoms with Crippen LogP contribution in [0, 0.1) is 5.41 Å². The zero-order valence-electron chi connectivity index (χ0n) is 9.90. The first-order valence-corrected chi connectivity index (χ1v) is 6.29. The van der Waals surface area contributed by atoms with E-state index >= 15 is 0 Å². The first kappa shape index (κ1) is 12.3. The highest BCUT2D eigenvalue weighted by Crippen LogP contribution is 2.32. The molecule has 1 aliphatic rings. The Morgan fingerprint density at radius 2 is 2.35 bits per heavy atom. The molecule has 1 aromatic rings. The Kier molecular flexibility index (Phi) is 3.33. The number of hydrogen-bond donors (Lipinski definition) is 1. The van der Waals surface area contributed by atoms with Crippen LogP contribution in [0.25, 0.3) is 0 Å². The van der Waals surface area contributed by atoms with Gasteiger partial charge in [0.25, 0.3) is 0 Å². The molecular formula is C11H15BrN4O. The molecule has 6 heteroatoms. The van der Waals surface area contributed by atoms with Gasteiger partial charge >= 0.3 is 0 Å². The topological polar surface area (TPSA) is 58.1 Å². The van der Waals surface area contributed by atoms with Gasteiger partial charge in [0.05, 0.1) is 5.41 Å². The molecule has 1 aliphatic heterocycles. The molecule has 0 saturated carbocycles. The van der Waals surface area contributed by atoms with Crippen LogP contribution in [-0.2, 0) is 4.79 Å². The second-order valence-corrected chi connectivity index (χ2v) is 5.32. The summed E-state index contributed by atoms with van der Waals surface area (Å²) >= 11 is 3.32. The summed E-state index contributed by atoms with van der Waals surface area (Å²) in [6, 6.07) is 1.87. The van der Waals surface area contributed by atoms with E-state index in [4.69, 9.17) is 0 Å². The van der Waals surface area contributed by atoms with Crippen molar-refractivity contribution >= 4 is 27.7 Å². The van der Waals surface area contributed by atoms with Gasteiger partial charge in [-0.25, -0.2) is 9.97 Å². The van der Waals surface area contributed by atoms with Crippen molar-refractivity contribution in [2.75, 3.05) is 25.0 Å². The third-order valence-electron chi connectivity index (χ3n) is 3.19. The van der Waals surface area contributed by atoms with Crippen molar-refractivity contribution < 1.29 is 4.79 Å². The average Bonchev–Trinajstić information content (AvgIpc) is 2.72. The molecule has 1 fully saturated rings. The van der Waals surface area contributed by atoms with Crippen LogP contribution < -0.4 is 10.2 Å². The summed E-state index contributed by atoms with van der Waals surface area (Å²) in [5.41, 5.74) is -0.327. The van der Waals surface area contributed by atoms with Gasteiger partial charge in [-0.05, 0) is 29.3 Å². The molecule has 2 heterocycles. The Balaban J connectivity index is 2.15. The molecule has 1 N–H and O–H groups in total. The number of carbonyl (C=O) groups is 1. The number of rotatable bonds is 2. The van der Waals surface area contributed by atoms with Crippen molar-refractivity contribution in [2.24, 2.45) is 5.41 Å². The van der Waals surface area contributed by atoms with Crippen LogP contribution in [0.4, 0.5) is 5.82 Å². The molecule has 1 amide bonds. The number of nitrogens with one attached hydrogen (secondary N) is 1. The monoisotopic (exact) mass is 298 g/mol. The maximum absolute atomic E-state index is 11.8. The van der Waals surface area contributed by atoms with Crippen molar-refractivity contribution in [2.45, 2.75) is 13.3 Å². The number of nitrogens with zero attached hydrogens (tertiary/aromatic N) is 3. The average molecular weight is 299 g/mol. The summed E-state index contributed by atoms with van der Waals surface area (Å²) in [5.74, 6) is 0.952. The lowest BCUT2D eigenvalue weighted by molar-refractivity contribution is -0.128. The minimum Gasteiger partial charge on any atom is -0.359 e. The van der Waals surface area contributed by atoms with Crippen molar-refractivity contribution in [1.29, 1.82) is 0 Å². The fraction of sp³-hybridized carbons (Fsp3) is 0.545. The minimum absolute atomic E-state index is 0.0909. The molecule has 0 spiro atoms. The van der Waals surface area contributed by atoms with Crippen LogP contribution in [0.1, 0.15) is 13.3 Å². The van der Waals surface area contributed by atoms with Crippen LogP contribution >= 0.6 is 15.9 Å². The Labute approximate surface area is 109 Å². The minimum atomic E-state index is -0.327. The lowest BCUT2D eigenvalue weighted by atomic mass is 9.89. The standard InChI is InChI=1S/C11H15BrN4O/c1-11(10(17)13-2)3-4-16(6-11)9-5-8(12)14-7-15-9/h5,7H,3-4,6H2,1-2H3,(H,13,17). The van der Waals surface area contributed by atoms with E-state index in [9.17, 15) is 4.79 Å². The van der Waals surface area contributed by atoms with E-state index in [1.54, 1.807) is 7.05 Å². The van der Waals surface area contributed by atoms with Gasteiger partial charge in [0.1, 0.15) is 16.7 Å². The summed E-state index contributed by atoms with van der Waals surface area (Å²) in [6.45, 7) is 3.52. The highest BCUT2D eigenvalue weighted by atomic mass is 79.9. The van der Waals surface area contributed by atoms with E-state index in [-0.39, 0.29) is 11.3 Å². The van der Waals surface area contributed by atoms with Gasteiger partial charge in [0.2, 0.25) is 5.91 Å². The van der Waals surface area contributed by atoms with E-state index in [1.165, 1.54) is 6.33 Å². The second kappa shape index (κ2) is 4.60. The molecule has 0 aliphatic carbocycles. The zero-order chi connectivity index (χ0) is 12.5. The molecule has 1 unspecified atom stereocenters. The third kappa shape index (κ3) is 2.41. The first-order valence-electron chi connectivity index (χ1n) is 5.50. The third-order valence-corrected chi connectivity index (χ3v) is 3.63. The predicted octanol–water partition coefficient (Wildman–Crippen LogP) is 1.20. The smallest absolute Gasteiger partial charge is 0.227 e. The van der Waals surface area contributed by atoms with Crippen molar-refractivity contribution in [3.63, 3.8) is 0 Å². The largest absolute Gasteiger partial charge is 0.359 e. The fourth-order valence-corrected chi connectivity index (χ4v) is 2.44. The van der Waals surface area contributed by atoms with Gasteiger partial charge in [-0.1, -0.05) is 0 Å². The lowest BCUT2D eigenvalue weighted by Gasteiger charge is -2.23. The quantitative estimate of drug-likeness (QED) is 0.834. The van der Waals surface area contributed by atoms with Crippen LogP contribution in [0.5, 0.6) is 0 Å². The summed E-state index contributed by atoms with van der Waals surface area (Å²) in [7, 11) is 1.68. The maximum atomic E-state index is 11.8. The summed E-state index contributed by atoms with van der Waals surface area (Å²) < 4.78 is 0.760. The number of amides is 1. The van der Waals surface area contributed by atoms with Gasteiger partial charge in [-0.3, -0.25) is 4.79 Å². The Morgan fingerprint density at radius 3 is 3.00 bits per heavy atom. The number of aromatic nitrogens is 2. The highest BCUT2D eigenvalue weighted by molar-refractivity contribution is 9.10. The SMILES string of the molecule is CNC(=O)C1(C)CCN(c2cc(Br)ncn2)C1. The summed E-state index contributed by atoms with van der Waals surface area (Å²) in [4.78, 5) is 22.1. The molecule has 0 bridgehead atoms. The van der Waals surface area contributed by atoms with E-state index in [1.807, 2.05) is 13.0 Å². The van der Waals surface area contributed by atoms with Crippen molar-refractivity contribution in [1.82, 2.24) is 15.3 Å². The molecule has 2 rings (SSSR count). The van der Waals surface area contributed by atoms with Crippen LogP contribution in [0.2, 0.25) is 0 Å². The van der Waals surface area contributed by atoms with Crippen LogP contribution in [-0.4, -0.2) is 36.0 Å². The lowest BCUT2D eigenvalue weighted by Crippen LogP contribution is -2.39. The number of anilines is 1. The summed E-state index contributed by atoms with van der Waals surface area (Å²) in [6.07, 6.45) is 2.36. The van der Waals surface area contributed by atoms with E-state index < -0.39 is 0 Å². The van der Waals surface area contributed by atoms with Crippen molar-refractivity contribution in [3.8, 4) is 0 Å². The van der Waals surface area contributed by atoms with E-state index in [0.717, 1.165) is 23.4 Å². The maximum Gasteiger partial charge on any atom is 0.227 e. The molecule has 0 radical (unpaired) electrons. The Morgan fingerprint density at radius 1 is 1.59 bits per heavy atom. The molecule has 1 atom stereocenters. The van der Waals surface area contributed by atoms with Gasteiger partial charge in [0, 0.05) is 26.2 Å². The molecular weight excluding hydrogens is 284 g/mol. The van der Waals surface area contributed by atoms with Gasteiger partial charge in [-0.15, -0.1) is 0 Å². The Bertz CT molecular complexity index is 439. The number of halogens is 1. The molecule has 0 aromatic carbocycles. The molecule has 1 aromatic heterocycles. The first-order chi connectivity index (χ1) is 8.05. The summed E-state index contributed by atoms with van der Waals surface area (Å²) in [5, 5.41) is 2.72. The zero-order valence-corrected chi connectivity index (χ0v) is 11.5. The Hall–Kier alpha value is -1.17. The van der Waals surface area contributed by atoms with E-state index in [2.05, 4.69) is 36.1 Å². The van der Waals surface area contributed by atoms with Crippen LogP contribution in [0.3, 0.4) is 0 Å². The van der Waals surface area contributed by atoms with Gasteiger partial charge in [-0.2, -0.15) is 0 Å². The fourth-order valence-electron chi connectivity index (χ4n) is 2.14. The molecule has 5 nitrogen and oxygen atoms in total. The van der Waals surface area contributed by atoms with Crippen LogP contribution in [0.15, 0.2) is 17.0 Å². The second-order valence-electron chi connectivity index (χ2n) is 4.51. The number of hydrogen-bond acceptors (Lipinski definition) is 4. The molecule has 17 heavy (non-hydrogen) atoms.